The van der Waals surface area contributed by atoms with Gasteiger partial charge in [0.2, 0.25) is 0 Å². The van der Waals surface area contributed by atoms with Crippen LogP contribution < -0.4 is 0 Å². The van der Waals surface area contributed by atoms with E-state index < -0.39 is 18.4 Å². The molecule has 0 heterocycles. The van der Waals surface area contributed by atoms with Gasteiger partial charge in [0, 0.05) is 13.2 Å². The zero-order valence-electron chi connectivity index (χ0n) is 39.5. The summed E-state index contributed by atoms with van der Waals surface area (Å²) >= 11 is 0. The number of nitrogens with zero attached hydrogens (tertiary/aromatic N) is 1. The molecule has 3 atom stereocenters. The molecule has 0 amide bonds. The number of carbonyl (C=O) groups excluding carboxylic acids is 2. The highest BCUT2D eigenvalue weighted by Crippen LogP contribution is 2.21. The van der Waals surface area contributed by atoms with Crippen LogP contribution in [0.2, 0.25) is 0 Å². The minimum absolute atomic E-state index is 0.199. The first-order valence-electron chi connectivity index (χ1n) is 25.5. The monoisotopic (exact) mass is 842 g/mol. The second-order valence-electron chi connectivity index (χ2n) is 17.7. The van der Waals surface area contributed by atoms with E-state index in [1.807, 2.05) is 0 Å². The first kappa shape index (κ1) is 57.4. The predicted octanol–water partition coefficient (Wildman–Crippen LogP) is 14.1. The van der Waals surface area contributed by atoms with Crippen LogP contribution in [0.5, 0.6) is 0 Å². The molecule has 0 bridgehead atoms. The second-order valence-corrected chi connectivity index (χ2v) is 17.7. The molecule has 59 heavy (non-hydrogen) atoms. The smallest absolute Gasteiger partial charge is 0.434 e. The SMILES string of the molecule is CCCCCCCCC(CCCCCC)COC(=O)OCCCCCN(CCCCCO)CC(O)CCCOC(=O)OCC(CCCCCCC)CCCCCCCC. The Kier molecular flexibility index (Phi) is 44.7. The van der Waals surface area contributed by atoms with Crippen LogP contribution >= 0.6 is 0 Å². The van der Waals surface area contributed by atoms with Crippen molar-refractivity contribution in [2.24, 2.45) is 11.8 Å². The molecule has 9 nitrogen and oxygen atoms in total. The summed E-state index contributed by atoms with van der Waals surface area (Å²) in [7, 11) is 0. The molecule has 9 heteroatoms. The summed E-state index contributed by atoms with van der Waals surface area (Å²) in [4.78, 5) is 27.2. The summed E-state index contributed by atoms with van der Waals surface area (Å²) in [5.74, 6) is 0.821. The van der Waals surface area contributed by atoms with Crippen LogP contribution in [0.4, 0.5) is 9.59 Å². The van der Waals surface area contributed by atoms with E-state index in [2.05, 4.69) is 32.6 Å². The van der Waals surface area contributed by atoms with Gasteiger partial charge in [-0.3, -0.25) is 0 Å². The Morgan fingerprint density at radius 2 is 0.780 bits per heavy atom. The average Bonchev–Trinajstić information content (AvgIpc) is 3.23. The Balaban J connectivity index is 4.50. The highest BCUT2D eigenvalue weighted by molar-refractivity contribution is 5.60. The van der Waals surface area contributed by atoms with Gasteiger partial charge in [0.25, 0.3) is 0 Å². The molecular weight excluding hydrogens is 743 g/mol. The Labute approximate surface area is 365 Å². The minimum atomic E-state index is -0.591. The van der Waals surface area contributed by atoms with E-state index >= 15 is 0 Å². The number of hydrogen-bond donors (Lipinski definition) is 2. The van der Waals surface area contributed by atoms with Crippen molar-refractivity contribution in [3.63, 3.8) is 0 Å². The highest BCUT2D eigenvalue weighted by atomic mass is 16.7. The zero-order chi connectivity index (χ0) is 43.3. The summed E-state index contributed by atoms with van der Waals surface area (Å²) in [5, 5.41) is 20.1. The number of carbonyl (C=O) groups is 2. The van der Waals surface area contributed by atoms with Gasteiger partial charge in [0.1, 0.15) is 0 Å². The van der Waals surface area contributed by atoms with Crippen molar-refractivity contribution in [3.8, 4) is 0 Å². The van der Waals surface area contributed by atoms with Crippen LogP contribution in [0.25, 0.3) is 0 Å². The molecule has 0 fully saturated rings. The number of ether oxygens (including phenoxy) is 4. The molecule has 0 saturated carbocycles. The van der Waals surface area contributed by atoms with Crippen molar-refractivity contribution in [2.75, 3.05) is 52.7 Å². The van der Waals surface area contributed by atoms with Crippen molar-refractivity contribution < 1.29 is 38.7 Å². The Bertz CT molecular complexity index is 876. The predicted molar refractivity (Wildman–Crippen MR) is 246 cm³/mol. The van der Waals surface area contributed by atoms with Crippen molar-refractivity contribution in [3.05, 3.63) is 0 Å². The number of unbranched alkanes of at least 4 members (excludes halogenated alkanes) is 21. The first-order valence-corrected chi connectivity index (χ1v) is 25.5. The van der Waals surface area contributed by atoms with Gasteiger partial charge >= 0.3 is 12.3 Å². The number of aliphatic hydroxyl groups is 2. The van der Waals surface area contributed by atoms with E-state index in [0.29, 0.717) is 51.0 Å². The number of hydrogen-bond acceptors (Lipinski definition) is 9. The molecule has 0 radical (unpaired) electrons. The molecule has 0 saturated heterocycles. The van der Waals surface area contributed by atoms with Crippen LogP contribution in [-0.4, -0.2) is 86.2 Å². The standard InChI is InChI=1S/C50H99NO8/c1-5-9-13-17-20-26-35-46(33-24-16-12-8-4)44-58-49(54)56-41-31-23-29-39-51(38-28-22-30-40-52)43-48(53)37-32-42-57-50(55)59-45-47(34-25-19-15-11-7-3)36-27-21-18-14-10-6-2/h46-48,52-53H,5-45H2,1-4H3. The molecule has 2 N–H and O–H groups in total. The Morgan fingerprint density at radius 1 is 0.424 bits per heavy atom. The highest BCUT2D eigenvalue weighted by Gasteiger charge is 2.16. The third-order valence-corrected chi connectivity index (χ3v) is 11.8. The van der Waals surface area contributed by atoms with Gasteiger partial charge in [-0.1, -0.05) is 163 Å². The first-order chi connectivity index (χ1) is 28.9. The lowest BCUT2D eigenvalue weighted by Crippen LogP contribution is -2.34. The zero-order valence-corrected chi connectivity index (χ0v) is 39.5. The molecule has 0 aromatic heterocycles. The van der Waals surface area contributed by atoms with Crippen LogP contribution in [0.3, 0.4) is 0 Å². The van der Waals surface area contributed by atoms with E-state index in [4.69, 9.17) is 18.9 Å². The van der Waals surface area contributed by atoms with Crippen LogP contribution in [-0.2, 0) is 18.9 Å². The molecule has 0 aliphatic heterocycles. The molecule has 352 valence electrons. The maximum absolute atomic E-state index is 12.4. The third-order valence-electron chi connectivity index (χ3n) is 11.8. The summed E-state index contributed by atoms with van der Waals surface area (Å²) in [6.45, 7) is 12.9. The molecule has 0 aromatic rings. The summed E-state index contributed by atoms with van der Waals surface area (Å²) in [6, 6.07) is 0. The van der Waals surface area contributed by atoms with Crippen molar-refractivity contribution in [1.29, 1.82) is 0 Å². The normalized spacial score (nSPS) is 13.1. The van der Waals surface area contributed by atoms with Crippen molar-refractivity contribution in [1.82, 2.24) is 4.90 Å². The fourth-order valence-corrected chi connectivity index (χ4v) is 7.95. The fourth-order valence-electron chi connectivity index (χ4n) is 7.95. The van der Waals surface area contributed by atoms with Gasteiger partial charge in [0.15, 0.2) is 0 Å². The molecule has 3 unspecified atom stereocenters. The molecular formula is C50H99NO8. The van der Waals surface area contributed by atoms with Crippen LogP contribution in [0.15, 0.2) is 0 Å². The van der Waals surface area contributed by atoms with E-state index in [1.54, 1.807) is 0 Å². The van der Waals surface area contributed by atoms with E-state index in [0.717, 1.165) is 77.3 Å². The average molecular weight is 842 g/mol. The van der Waals surface area contributed by atoms with Gasteiger partial charge in [-0.25, -0.2) is 9.59 Å². The Hall–Kier alpha value is -1.58. The number of rotatable bonds is 46. The molecule has 0 aliphatic carbocycles. The van der Waals surface area contributed by atoms with E-state index in [9.17, 15) is 19.8 Å². The van der Waals surface area contributed by atoms with Crippen LogP contribution in [0.1, 0.15) is 240 Å². The minimum Gasteiger partial charge on any atom is -0.434 e. The summed E-state index contributed by atoms with van der Waals surface area (Å²) in [5.41, 5.74) is 0. The quantitative estimate of drug-likeness (QED) is 0.0456. The van der Waals surface area contributed by atoms with Gasteiger partial charge < -0.3 is 34.1 Å². The second kappa shape index (κ2) is 45.9. The third kappa shape index (κ3) is 41.5. The lowest BCUT2D eigenvalue weighted by atomic mass is 9.95. The van der Waals surface area contributed by atoms with Crippen LogP contribution in [0, 0.1) is 11.8 Å². The molecule has 0 aromatic carbocycles. The van der Waals surface area contributed by atoms with Gasteiger partial charge in [-0.05, 0) is 102 Å². The Morgan fingerprint density at radius 3 is 1.20 bits per heavy atom. The number of aliphatic hydroxyl groups excluding tert-OH is 2. The summed E-state index contributed by atoms with van der Waals surface area (Å²) in [6.07, 6.45) is 35.8. The lowest BCUT2D eigenvalue weighted by molar-refractivity contribution is 0.0360. The van der Waals surface area contributed by atoms with E-state index in [1.165, 1.54) is 135 Å². The van der Waals surface area contributed by atoms with Crippen molar-refractivity contribution >= 4 is 12.3 Å². The largest absolute Gasteiger partial charge is 0.508 e. The van der Waals surface area contributed by atoms with Crippen molar-refractivity contribution in [2.45, 2.75) is 246 Å². The molecule has 0 aliphatic rings. The molecule has 0 rings (SSSR count). The van der Waals surface area contributed by atoms with Gasteiger partial charge in [-0.2, -0.15) is 0 Å². The molecule has 0 spiro atoms. The lowest BCUT2D eigenvalue weighted by Gasteiger charge is -2.25. The maximum Gasteiger partial charge on any atom is 0.508 e. The topological polar surface area (TPSA) is 115 Å². The van der Waals surface area contributed by atoms with Gasteiger partial charge in [0.05, 0.1) is 32.5 Å². The van der Waals surface area contributed by atoms with Gasteiger partial charge in [-0.15, -0.1) is 0 Å². The summed E-state index contributed by atoms with van der Waals surface area (Å²) < 4.78 is 22.0. The fraction of sp³-hybridized carbons (Fsp3) is 0.960. The maximum atomic E-state index is 12.4. The van der Waals surface area contributed by atoms with E-state index in [-0.39, 0.29) is 13.2 Å².